The van der Waals surface area contributed by atoms with Crippen LogP contribution in [-0.2, 0) is 26.2 Å². The van der Waals surface area contributed by atoms with Crippen molar-refractivity contribution in [1.29, 1.82) is 0 Å². The van der Waals surface area contributed by atoms with Crippen molar-refractivity contribution in [1.82, 2.24) is 14.5 Å². The number of imide groups is 1. The lowest BCUT2D eigenvalue weighted by molar-refractivity contribution is -0.136. The summed E-state index contributed by atoms with van der Waals surface area (Å²) in [5.41, 5.74) is 2.47. The maximum Gasteiger partial charge on any atom is 0.255 e. The van der Waals surface area contributed by atoms with E-state index in [0.717, 1.165) is 5.56 Å². The Morgan fingerprint density at radius 3 is 2.46 bits per heavy atom. The topological polar surface area (TPSA) is 104 Å². The number of carbonyl (C=O) groups is 3. The molecule has 0 aliphatic carbocycles. The fourth-order valence-electron chi connectivity index (χ4n) is 5.35. The standard InChI is InChI=1S/C25H26FN3O5S/c1-15-3-2-4-18(11-15)35(33,34)28-9-7-16(8-10-28)19-12-17(26)13-20-21(19)14-29(25(20)32)22-5-6-23(30)27-24(22)31/h2-4,11-13,16,22H,5-10,14H2,1H3,(H,27,30,31). The van der Waals surface area contributed by atoms with Crippen molar-refractivity contribution < 1.29 is 27.2 Å². The van der Waals surface area contributed by atoms with Gasteiger partial charge < -0.3 is 4.90 Å². The summed E-state index contributed by atoms with van der Waals surface area (Å²) < 4.78 is 42.2. The monoisotopic (exact) mass is 499 g/mol. The predicted molar refractivity (Wildman–Crippen MR) is 124 cm³/mol. The summed E-state index contributed by atoms with van der Waals surface area (Å²) in [6.45, 7) is 2.58. The molecule has 3 aliphatic rings. The number of amides is 3. The van der Waals surface area contributed by atoms with E-state index in [2.05, 4.69) is 5.32 Å². The summed E-state index contributed by atoms with van der Waals surface area (Å²) in [4.78, 5) is 38.6. The Morgan fingerprint density at radius 1 is 1.03 bits per heavy atom. The summed E-state index contributed by atoms with van der Waals surface area (Å²) in [7, 11) is -3.63. The van der Waals surface area contributed by atoms with Gasteiger partial charge in [0.05, 0.1) is 4.90 Å². The van der Waals surface area contributed by atoms with Gasteiger partial charge in [0.1, 0.15) is 11.9 Å². The first-order chi connectivity index (χ1) is 16.6. The number of nitrogens with zero attached hydrogens (tertiary/aromatic N) is 2. The van der Waals surface area contributed by atoms with Crippen LogP contribution in [0.25, 0.3) is 0 Å². The van der Waals surface area contributed by atoms with Crippen LogP contribution in [0, 0.1) is 12.7 Å². The van der Waals surface area contributed by atoms with E-state index in [1.165, 1.54) is 21.3 Å². The molecule has 2 aromatic carbocycles. The van der Waals surface area contributed by atoms with Gasteiger partial charge in [-0.1, -0.05) is 12.1 Å². The van der Waals surface area contributed by atoms with Crippen molar-refractivity contribution in [3.8, 4) is 0 Å². The van der Waals surface area contributed by atoms with Crippen LogP contribution in [0.2, 0.25) is 0 Å². The first-order valence-corrected chi connectivity index (χ1v) is 13.1. The minimum absolute atomic E-state index is 0.113. The van der Waals surface area contributed by atoms with E-state index in [-0.39, 0.29) is 54.8 Å². The molecule has 2 aromatic rings. The van der Waals surface area contributed by atoms with E-state index < -0.39 is 33.7 Å². The second kappa shape index (κ2) is 8.83. The number of rotatable bonds is 4. The molecule has 8 nitrogen and oxygen atoms in total. The number of nitrogens with one attached hydrogen (secondary N) is 1. The van der Waals surface area contributed by atoms with Gasteiger partial charge in [0.25, 0.3) is 5.91 Å². The molecule has 1 N–H and O–H groups in total. The largest absolute Gasteiger partial charge is 0.322 e. The molecule has 3 aliphatic heterocycles. The third-order valence-electron chi connectivity index (χ3n) is 7.18. The molecule has 35 heavy (non-hydrogen) atoms. The summed E-state index contributed by atoms with van der Waals surface area (Å²) >= 11 is 0. The normalized spacial score (nSPS) is 21.8. The van der Waals surface area contributed by atoms with Crippen molar-refractivity contribution in [2.45, 2.75) is 56.0 Å². The lowest BCUT2D eigenvalue weighted by atomic mass is 9.86. The van der Waals surface area contributed by atoms with Crippen molar-refractivity contribution in [3.63, 3.8) is 0 Å². The molecule has 2 saturated heterocycles. The molecule has 3 amide bonds. The Kier molecular flexibility index (Phi) is 5.96. The maximum atomic E-state index is 14.6. The van der Waals surface area contributed by atoms with Crippen molar-refractivity contribution in [2.75, 3.05) is 13.1 Å². The van der Waals surface area contributed by atoms with Gasteiger partial charge in [0, 0.05) is 31.6 Å². The van der Waals surface area contributed by atoms with Crippen LogP contribution >= 0.6 is 0 Å². The average Bonchev–Trinajstić information content (AvgIpc) is 3.14. The number of hydrogen-bond acceptors (Lipinski definition) is 5. The molecule has 0 bridgehead atoms. The highest BCUT2D eigenvalue weighted by Crippen LogP contribution is 2.38. The molecule has 0 spiro atoms. The molecule has 2 fully saturated rings. The third kappa shape index (κ3) is 4.25. The highest BCUT2D eigenvalue weighted by molar-refractivity contribution is 7.89. The van der Waals surface area contributed by atoms with E-state index in [1.54, 1.807) is 18.2 Å². The molecule has 0 aromatic heterocycles. The second-order valence-corrected chi connectivity index (χ2v) is 11.4. The molecule has 3 heterocycles. The van der Waals surface area contributed by atoms with Gasteiger partial charge in [0.2, 0.25) is 21.8 Å². The summed E-state index contributed by atoms with van der Waals surface area (Å²) in [5.74, 6) is -1.95. The number of aryl methyl sites for hydroxylation is 1. The Bertz CT molecular complexity index is 1330. The van der Waals surface area contributed by atoms with Crippen LogP contribution in [0.15, 0.2) is 41.3 Å². The number of fused-ring (bicyclic) bond motifs is 1. The Balaban J connectivity index is 1.36. The zero-order valence-corrected chi connectivity index (χ0v) is 20.1. The van der Waals surface area contributed by atoms with E-state index in [9.17, 15) is 27.2 Å². The summed E-state index contributed by atoms with van der Waals surface area (Å²) in [6.07, 6.45) is 1.37. The second-order valence-electron chi connectivity index (χ2n) is 9.42. The van der Waals surface area contributed by atoms with E-state index in [0.29, 0.717) is 24.0 Å². The van der Waals surface area contributed by atoms with Crippen LogP contribution in [0.1, 0.15) is 58.6 Å². The predicted octanol–water partition coefficient (Wildman–Crippen LogP) is 2.46. The zero-order valence-electron chi connectivity index (χ0n) is 19.3. The highest BCUT2D eigenvalue weighted by Gasteiger charge is 2.41. The first kappa shape index (κ1) is 23.6. The fraction of sp³-hybridized carbons (Fsp3) is 0.400. The minimum Gasteiger partial charge on any atom is -0.322 e. The lowest BCUT2D eigenvalue weighted by Gasteiger charge is -2.32. The number of piperidine rings is 2. The van der Waals surface area contributed by atoms with Crippen LogP contribution < -0.4 is 5.32 Å². The Morgan fingerprint density at radius 2 is 1.77 bits per heavy atom. The highest BCUT2D eigenvalue weighted by atomic mass is 32.2. The van der Waals surface area contributed by atoms with Crippen LogP contribution in [-0.4, -0.2) is 54.5 Å². The maximum absolute atomic E-state index is 14.6. The van der Waals surface area contributed by atoms with Crippen molar-refractivity contribution >= 4 is 27.7 Å². The van der Waals surface area contributed by atoms with Crippen molar-refractivity contribution in [2.24, 2.45) is 0 Å². The molecular weight excluding hydrogens is 473 g/mol. The van der Waals surface area contributed by atoms with Gasteiger partial charge in [-0.15, -0.1) is 0 Å². The Hall–Kier alpha value is -3.11. The average molecular weight is 500 g/mol. The fourth-order valence-corrected chi connectivity index (χ4v) is 6.92. The van der Waals surface area contributed by atoms with Gasteiger partial charge in [-0.3, -0.25) is 19.7 Å². The SMILES string of the molecule is Cc1cccc(S(=O)(=O)N2CCC(c3cc(F)cc4c3CN(C3CCC(=O)NC3=O)C4=O)CC2)c1. The van der Waals surface area contributed by atoms with Crippen LogP contribution in [0.3, 0.4) is 0 Å². The molecule has 5 rings (SSSR count). The zero-order chi connectivity index (χ0) is 24.9. The Labute approximate surface area is 203 Å². The van der Waals surface area contributed by atoms with E-state index in [1.807, 2.05) is 13.0 Å². The van der Waals surface area contributed by atoms with Gasteiger partial charge in [-0.2, -0.15) is 4.31 Å². The first-order valence-electron chi connectivity index (χ1n) is 11.7. The van der Waals surface area contributed by atoms with Gasteiger partial charge in [-0.05, 0) is 73.1 Å². The lowest BCUT2D eigenvalue weighted by Crippen LogP contribution is -2.52. The number of sulfonamides is 1. The summed E-state index contributed by atoms with van der Waals surface area (Å²) in [5, 5.41) is 2.27. The van der Waals surface area contributed by atoms with Gasteiger partial charge in [0.15, 0.2) is 0 Å². The summed E-state index contributed by atoms with van der Waals surface area (Å²) in [6, 6.07) is 8.65. The molecule has 10 heteroatoms. The van der Waals surface area contributed by atoms with E-state index >= 15 is 0 Å². The van der Waals surface area contributed by atoms with Gasteiger partial charge in [-0.25, -0.2) is 12.8 Å². The quantitative estimate of drug-likeness (QED) is 0.651. The van der Waals surface area contributed by atoms with E-state index in [4.69, 9.17) is 0 Å². The smallest absolute Gasteiger partial charge is 0.255 e. The molecule has 184 valence electrons. The molecule has 0 saturated carbocycles. The van der Waals surface area contributed by atoms with Crippen molar-refractivity contribution in [3.05, 3.63) is 64.5 Å². The third-order valence-corrected chi connectivity index (χ3v) is 9.07. The van der Waals surface area contributed by atoms with Crippen LogP contribution in [0.4, 0.5) is 4.39 Å². The number of halogens is 1. The van der Waals surface area contributed by atoms with Gasteiger partial charge >= 0.3 is 0 Å². The number of hydrogen-bond donors (Lipinski definition) is 1. The number of benzene rings is 2. The molecule has 1 unspecified atom stereocenters. The molecule has 1 atom stereocenters. The molecule has 0 radical (unpaired) electrons. The molecular formula is C25H26FN3O5S. The van der Waals surface area contributed by atoms with Crippen LogP contribution in [0.5, 0.6) is 0 Å². The minimum atomic E-state index is -3.63. The number of carbonyl (C=O) groups excluding carboxylic acids is 3.